The summed E-state index contributed by atoms with van der Waals surface area (Å²) in [6, 6.07) is -0.321. The van der Waals surface area contributed by atoms with Gasteiger partial charge >= 0.3 is 12.0 Å². The molecule has 0 aliphatic heterocycles. The highest BCUT2D eigenvalue weighted by Gasteiger charge is 2.43. The molecular weight excluding hydrogens is 248 g/mol. The highest BCUT2D eigenvalue weighted by atomic mass is 16.5. The maximum absolute atomic E-state index is 12.3. The standard InChI is InChI=1S/C13H24N2O4/c1-10(2)15(8-9-19-3)12(18)14-13(11(16)17)6-4-5-7-13/h10H,4-9H2,1-3H3,(H,14,18)(H,16,17). The summed E-state index contributed by atoms with van der Waals surface area (Å²) in [4.78, 5) is 25.3. The number of hydrogen-bond acceptors (Lipinski definition) is 3. The van der Waals surface area contributed by atoms with Crippen LogP contribution in [0, 0.1) is 0 Å². The van der Waals surface area contributed by atoms with Gasteiger partial charge in [0.05, 0.1) is 6.61 Å². The molecule has 0 aromatic rings. The van der Waals surface area contributed by atoms with E-state index in [0.29, 0.717) is 26.0 Å². The predicted octanol–water partition coefficient (Wildman–Crippen LogP) is 1.45. The Bertz CT molecular complexity index is 325. The Kier molecular flexibility index (Phi) is 5.60. The third kappa shape index (κ3) is 3.83. The molecule has 110 valence electrons. The molecule has 2 N–H and O–H groups in total. The van der Waals surface area contributed by atoms with Gasteiger partial charge in [0, 0.05) is 19.7 Å². The first-order valence-corrected chi connectivity index (χ1v) is 6.74. The number of rotatable bonds is 6. The highest BCUT2D eigenvalue weighted by molar-refractivity contribution is 5.86. The first-order valence-electron chi connectivity index (χ1n) is 6.74. The van der Waals surface area contributed by atoms with Gasteiger partial charge in [0.2, 0.25) is 0 Å². The van der Waals surface area contributed by atoms with Gasteiger partial charge in [0.15, 0.2) is 0 Å². The molecule has 1 rings (SSSR count). The molecule has 0 atom stereocenters. The summed E-state index contributed by atoms with van der Waals surface area (Å²) in [5.74, 6) is -0.936. The number of amides is 2. The van der Waals surface area contributed by atoms with Crippen LogP contribution in [-0.4, -0.2) is 53.8 Å². The number of urea groups is 1. The highest BCUT2D eigenvalue weighted by Crippen LogP contribution is 2.30. The Balaban J connectivity index is 2.71. The Morgan fingerprint density at radius 1 is 1.37 bits per heavy atom. The summed E-state index contributed by atoms with van der Waals surface area (Å²) in [7, 11) is 1.58. The molecule has 0 unspecified atom stereocenters. The van der Waals surface area contributed by atoms with Crippen molar-refractivity contribution in [2.75, 3.05) is 20.3 Å². The van der Waals surface area contributed by atoms with Crippen molar-refractivity contribution in [2.45, 2.75) is 51.1 Å². The van der Waals surface area contributed by atoms with Crippen LogP contribution in [0.15, 0.2) is 0 Å². The third-order valence-electron chi connectivity index (χ3n) is 3.63. The normalized spacial score (nSPS) is 17.5. The van der Waals surface area contributed by atoms with Gasteiger partial charge < -0.3 is 20.1 Å². The van der Waals surface area contributed by atoms with Gasteiger partial charge in [-0.1, -0.05) is 12.8 Å². The second kappa shape index (κ2) is 6.75. The minimum Gasteiger partial charge on any atom is -0.480 e. The van der Waals surface area contributed by atoms with Crippen molar-refractivity contribution in [1.82, 2.24) is 10.2 Å². The first-order chi connectivity index (χ1) is 8.93. The van der Waals surface area contributed by atoms with Gasteiger partial charge in [-0.05, 0) is 26.7 Å². The topological polar surface area (TPSA) is 78.9 Å². The number of nitrogens with one attached hydrogen (secondary N) is 1. The average Bonchev–Trinajstić information content (AvgIpc) is 2.79. The molecule has 0 radical (unpaired) electrons. The lowest BCUT2D eigenvalue weighted by atomic mass is 9.98. The minimum absolute atomic E-state index is 0.00222. The van der Waals surface area contributed by atoms with Crippen LogP contribution < -0.4 is 5.32 Å². The van der Waals surface area contributed by atoms with Crippen LogP contribution in [-0.2, 0) is 9.53 Å². The molecule has 0 aromatic heterocycles. The van der Waals surface area contributed by atoms with E-state index in [-0.39, 0.29) is 12.1 Å². The smallest absolute Gasteiger partial charge is 0.329 e. The quantitative estimate of drug-likeness (QED) is 0.767. The van der Waals surface area contributed by atoms with Crippen LogP contribution in [0.3, 0.4) is 0 Å². The molecule has 19 heavy (non-hydrogen) atoms. The fraction of sp³-hybridized carbons (Fsp3) is 0.846. The molecule has 1 fully saturated rings. The summed E-state index contributed by atoms with van der Waals surface area (Å²) in [5.41, 5.74) is -1.09. The lowest BCUT2D eigenvalue weighted by Crippen LogP contribution is -2.57. The number of aliphatic carboxylic acids is 1. The fourth-order valence-electron chi connectivity index (χ4n) is 2.43. The van der Waals surface area contributed by atoms with E-state index >= 15 is 0 Å². The van der Waals surface area contributed by atoms with Crippen molar-refractivity contribution in [2.24, 2.45) is 0 Å². The lowest BCUT2D eigenvalue weighted by molar-refractivity contribution is -0.144. The number of carboxylic acids is 1. The number of methoxy groups -OCH3 is 1. The second-order valence-electron chi connectivity index (χ2n) is 5.30. The maximum Gasteiger partial charge on any atom is 0.329 e. The van der Waals surface area contributed by atoms with Gasteiger partial charge in [-0.3, -0.25) is 0 Å². The molecule has 0 aromatic carbocycles. The largest absolute Gasteiger partial charge is 0.480 e. The van der Waals surface area contributed by atoms with Crippen molar-refractivity contribution in [1.29, 1.82) is 0 Å². The monoisotopic (exact) mass is 272 g/mol. The van der Waals surface area contributed by atoms with Crippen LogP contribution in [0.4, 0.5) is 4.79 Å². The van der Waals surface area contributed by atoms with E-state index in [0.717, 1.165) is 12.8 Å². The minimum atomic E-state index is -1.09. The summed E-state index contributed by atoms with van der Waals surface area (Å²) in [5, 5.41) is 12.1. The average molecular weight is 272 g/mol. The van der Waals surface area contributed by atoms with Crippen LogP contribution in [0.2, 0.25) is 0 Å². The van der Waals surface area contributed by atoms with Crippen molar-refractivity contribution >= 4 is 12.0 Å². The molecule has 0 spiro atoms. The van der Waals surface area contributed by atoms with Gasteiger partial charge in [0.25, 0.3) is 0 Å². The Hall–Kier alpha value is -1.30. The van der Waals surface area contributed by atoms with E-state index in [1.165, 1.54) is 0 Å². The van der Waals surface area contributed by atoms with Crippen LogP contribution in [0.5, 0.6) is 0 Å². The summed E-state index contributed by atoms with van der Waals surface area (Å²) in [6.45, 7) is 4.69. The van der Waals surface area contributed by atoms with Gasteiger partial charge in [-0.2, -0.15) is 0 Å². The van der Waals surface area contributed by atoms with Crippen LogP contribution >= 0.6 is 0 Å². The van der Waals surface area contributed by atoms with E-state index in [1.54, 1.807) is 12.0 Å². The molecule has 1 aliphatic rings. The number of hydrogen-bond donors (Lipinski definition) is 2. The number of carbonyl (C=O) groups excluding carboxylic acids is 1. The maximum atomic E-state index is 12.3. The lowest BCUT2D eigenvalue weighted by Gasteiger charge is -2.32. The van der Waals surface area contributed by atoms with Crippen molar-refractivity contribution in [3.63, 3.8) is 0 Å². The molecule has 6 nitrogen and oxygen atoms in total. The van der Waals surface area contributed by atoms with Crippen LogP contribution in [0.25, 0.3) is 0 Å². The zero-order valence-electron chi connectivity index (χ0n) is 11.9. The Labute approximate surface area is 114 Å². The number of ether oxygens (including phenoxy) is 1. The van der Waals surface area contributed by atoms with E-state index < -0.39 is 11.5 Å². The molecule has 0 saturated heterocycles. The van der Waals surface area contributed by atoms with E-state index in [2.05, 4.69) is 5.32 Å². The van der Waals surface area contributed by atoms with E-state index in [1.807, 2.05) is 13.8 Å². The second-order valence-corrected chi connectivity index (χ2v) is 5.30. The number of carbonyl (C=O) groups is 2. The fourth-order valence-corrected chi connectivity index (χ4v) is 2.43. The van der Waals surface area contributed by atoms with Crippen LogP contribution in [0.1, 0.15) is 39.5 Å². The van der Waals surface area contributed by atoms with Crippen molar-refractivity contribution in [3.05, 3.63) is 0 Å². The molecule has 1 aliphatic carbocycles. The molecule has 6 heteroatoms. The molecule has 1 saturated carbocycles. The Morgan fingerprint density at radius 3 is 2.37 bits per heavy atom. The Morgan fingerprint density at radius 2 is 1.95 bits per heavy atom. The molecular formula is C13H24N2O4. The predicted molar refractivity (Wildman–Crippen MR) is 71.1 cm³/mol. The summed E-state index contributed by atoms with van der Waals surface area (Å²) >= 11 is 0. The van der Waals surface area contributed by atoms with Gasteiger partial charge in [-0.25, -0.2) is 9.59 Å². The zero-order valence-corrected chi connectivity index (χ0v) is 11.9. The third-order valence-corrected chi connectivity index (χ3v) is 3.63. The van der Waals surface area contributed by atoms with Crippen molar-refractivity contribution in [3.8, 4) is 0 Å². The van der Waals surface area contributed by atoms with Crippen molar-refractivity contribution < 1.29 is 19.4 Å². The molecule has 2 amide bonds. The SMILES string of the molecule is COCCN(C(=O)NC1(C(=O)O)CCCC1)C(C)C. The molecule has 0 bridgehead atoms. The summed E-state index contributed by atoms with van der Waals surface area (Å²) < 4.78 is 4.98. The zero-order chi connectivity index (χ0) is 14.5. The van der Waals surface area contributed by atoms with E-state index in [9.17, 15) is 14.7 Å². The first kappa shape index (κ1) is 15.8. The number of nitrogens with zero attached hydrogens (tertiary/aromatic N) is 1. The van der Waals surface area contributed by atoms with E-state index in [4.69, 9.17) is 4.74 Å². The molecule has 0 heterocycles. The number of carboxylic acid groups (broad SMARTS) is 1. The van der Waals surface area contributed by atoms with Gasteiger partial charge in [0.1, 0.15) is 5.54 Å². The van der Waals surface area contributed by atoms with Gasteiger partial charge in [-0.15, -0.1) is 0 Å². The summed E-state index contributed by atoms with van der Waals surface area (Å²) in [6.07, 6.45) is 2.69.